The highest BCUT2D eigenvalue weighted by Crippen LogP contribution is 2.26. The van der Waals surface area contributed by atoms with Crippen LogP contribution in [0, 0.1) is 6.92 Å². The zero-order valence-electron chi connectivity index (χ0n) is 13.5. The molecule has 1 saturated heterocycles. The Labute approximate surface area is 141 Å². The second-order valence-corrected chi connectivity index (χ2v) is 7.50. The van der Waals surface area contributed by atoms with E-state index in [-0.39, 0.29) is 0 Å². The minimum Gasteiger partial charge on any atom is -0.355 e. The number of aromatic nitrogens is 2. The number of thioether (sulfide) groups is 1. The van der Waals surface area contributed by atoms with Crippen molar-refractivity contribution in [3.8, 4) is 0 Å². The van der Waals surface area contributed by atoms with Gasteiger partial charge in [0.1, 0.15) is 18.0 Å². The lowest BCUT2D eigenvalue weighted by Gasteiger charge is -2.31. The molecule has 2 aliphatic heterocycles. The third-order valence-electron chi connectivity index (χ3n) is 4.67. The summed E-state index contributed by atoms with van der Waals surface area (Å²) >= 11 is 2.02. The first-order valence-electron chi connectivity index (χ1n) is 8.28. The van der Waals surface area contributed by atoms with Gasteiger partial charge in [-0.2, -0.15) is 11.8 Å². The van der Waals surface area contributed by atoms with E-state index < -0.39 is 0 Å². The van der Waals surface area contributed by atoms with Gasteiger partial charge in [-0.3, -0.25) is 0 Å². The molecule has 5 heteroatoms. The van der Waals surface area contributed by atoms with Gasteiger partial charge in [0.2, 0.25) is 0 Å². The number of aryl methyl sites for hydroxylation is 1. The summed E-state index contributed by atoms with van der Waals surface area (Å²) in [4.78, 5) is 13.8. The standard InChI is InChI=1S/C18H22N4S/c1-14-2-3-16-12-22(5-4-15(16)10-14)18-11-17(19-13-20-18)21-6-8-23-9-7-21/h2-3,10-11,13H,4-9,12H2,1H3. The summed E-state index contributed by atoms with van der Waals surface area (Å²) in [5.41, 5.74) is 4.27. The molecule has 0 spiro atoms. The predicted octanol–water partition coefficient (Wildman–Crippen LogP) is 2.90. The Hall–Kier alpha value is -1.75. The molecule has 0 unspecified atom stereocenters. The van der Waals surface area contributed by atoms with Gasteiger partial charge in [-0.05, 0) is 24.5 Å². The van der Waals surface area contributed by atoms with Gasteiger partial charge in [0.15, 0.2) is 0 Å². The van der Waals surface area contributed by atoms with Crippen molar-refractivity contribution in [1.29, 1.82) is 0 Å². The molecule has 23 heavy (non-hydrogen) atoms. The summed E-state index contributed by atoms with van der Waals surface area (Å²) in [7, 11) is 0. The Morgan fingerprint density at radius 2 is 1.70 bits per heavy atom. The molecule has 0 radical (unpaired) electrons. The van der Waals surface area contributed by atoms with Crippen LogP contribution in [0.1, 0.15) is 16.7 Å². The number of anilines is 2. The van der Waals surface area contributed by atoms with E-state index in [1.165, 1.54) is 28.2 Å². The summed E-state index contributed by atoms with van der Waals surface area (Å²) in [6.45, 7) is 6.32. The Bertz CT molecular complexity index is 697. The van der Waals surface area contributed by atoms with E-state index in [2.05, 4.69) is 51.0 Å². The van der Waals surface area contributed by atoms with Crippen LogP contribution in [0.2, 0.25) is 0 Å². The Morgan fingerprint density at radius 1 is 0.913 bits per heavy atom. The highest BCUT2D eigenvalue weighted by atomic mass is 32.2. The van der Waals surface area contributed by atoms with Gasteiger partial charge in [0.25, 0.3) is 0 Å². The van der Waals surface area contributed by atoms with E-state index in [1.54, 1.807) is 6.33 Å². The molecular weight excluding hydrogens is 304 g/mol. The third kappa shape index (κ3) is 3.15. The monoisotopic (exact) mass is 326 g/mol. The van der Waals surface area contributed by atoms with E-state index in [0.29, 0.717) is 0 Å². The van der Waals surface area contributed by atoms with Crippen molar-refractivity contribution in [2.24, 2.45) is 0 Å². The predicted molar refractivity (Wildman–Crippen MR) is 97.5 cm³/mol. The quantitative estimate of drug-likeness (QED) is 0.847. The fraction of sp³-hybridized carbons (Fsp3) is 0.444. The van der Waals surface area contributed by atoms with Crippen molar-refractivity contribution in [3.63, 3.8) is 0 Å². The molecule has 4 nitrogen and oxygen atoms in total. The molecule has 1 aromatic carbocycles. The molecule has 4 rings (SSSR count). The van der Waals surface area contributed by atoms with E-state index in [0.717, 1.165) is 44.2 Å². The van der Waals surface area contributed by atoms with Gasteiger partial charge in [0, 0.05) is 43.8 Å². The maximum Gasteiger partial charge on any atom is 0.134 e. The largest absolute Gasteiger partial charge is 0.355 e. The van der Waals surface area contributed by atoms with Gasteiger partial charge >= 0.3 is 0 Å². The first-order chi connectivity index (χ1) is 11.3. The van der Waals surface area contributed by atoms with Crippen LogP contribution >= 0.6 is 11.8 Å². The molecule has 0 N–H and O–H groups in total. The molecule has 3 heterocycles. The zero-order valence-corrected chi connectivity index (χ0v) is 14.4. The lowest BCUT2D eigenvalue weighted by Crippen LogP contribution is -2.34. The van der Waals surface area contributed by atoms with Crippen LogP contribution in [0.3, 0.4) is 0 Å². The van der Waals surface area contributed by atoms with Crippen LogP contribution in [0.5, 0.6) is 0 Å². The van der Waals surface area contributed by atoms with Crippen LogP contribution < -0.4 is 9.80 Å². The lowest BCUT2D eigenvalue weighted by atomic mass is 9.98. The lowest BCUT2D eigenvalue weighted by molar-refractivity contribution is 0.717. The van der Waals surface area contributed by atoms with Gasteiger partial charge in [-0.25, -0.2) is 9.97 Å². The molecule has 0 bridgehead atoms. The number of rotatable bonds is 2. The summed E-state index contributed by atoms with van der Waals surface area (Å²) in [6.07, 6.45) is 2.81. The fourth-order valence-electron chi connectivity index (χ4n) is 3.35. The summed E-state index contributed by atoms with van der Waals surface area (Å²) in [5, 5.41) is 0. The topological polar surface area (TPSA) is 32.3 Å². The van der Waals surface area contributed by atoms with Gasteiger partial charge in [-0.15, -0.1) is 0 Å². The number of benzene rings is 1. The van der Waals surface area contributed by atoms with E-state index >= 15 is 0 Å². The molecule has 0 atom stereocenters. The van der Waals surface area contributed by atoms with Crippen molar-refractivity contribution in [2.75, 3.05) is 40.9 Å². The van der Waals surface area contributed by atoms with Crippen molar-refractivity contribution in [3.05, 3.63) is 47.3 Å². The molecule has 2 aromatic rings. The summed E-state index contributed by atoms with van der Waals surface area (Å²) < 4.78 is 0. The zero-order chi connectivity index (χ0) is 15.6. The van der Waals surface area contributed by atoms with Crippen molar-refractivity contribution < 1.29 is 0 Å². The fourth-order valence-corrected chi connectivity index (χ4v) is 4.26. The van der Waals surface area contributed by atoms with Crippen molar-refractivity contribution in [1.82, 2.24) is 9.97 Å². The smallest absolute Gasteiger partial charge is 0.134 e. The molecule has 2 aliphatic rings. The van der Waals surface area contributed by atoms with Crippen LogP contribution in [0.15, 0.2) is 30.6 Å². The Kier molecular flexibility index (Phi) is 4.12. The van der Waals surface area contributed by atoms with Crippen LogP contribution in [0.25, 0.3) is 0 Å². The number of nitrogens with zero attached hydrogens (tertiary/aromatic N) is 4. The molecule has 120 valence electrons. The average molecular weight is 326 g/mol. The van der Waals surface area contributed by atoms with Crippen molar-refractivity contribution in [2.45, 2.75) is 19.9 Å². The second kappa shape index (κ2) is 6.40. The maximum atomic E-state index is 4.53. The van der Waals surface area contributed by atoms with Gasteiger partial charge in [0.05, 0.1) is 0 Å². The van der Waals surface area contributed by atoms with Gasteiger partial charge < -0.3 is 9.80 Å². The first-order valence-corrected chi connectivity index (χ1v) is 9.43. The molecule has 1 aromatic heterocycles. The molecule has 0 saturated carbocycles. The van der Waals surface area contributed by atoms with Crippen LogP contribution in [-0.2, 0) is 13.0 Å². The third-order valence-corrected chi connectivity index (χ3v) is 5.61. The Morgan fingerprint density at radius 3 is 2.52 bits per heavy atom. The summed E-state index contributed by atoms with van der Waals surface area (Å²) in [6, 6.07) is 8.96. The molecular formula is C18H22N4S. The number of fused-ring (bicyclic) bond motifs is 1. The SMILES string of the molecule is Cc1ccc2c(c1)CCN(c1cc(N3CCSCC3)ncn1)C2. The van der Waals surface area contributed by atoms with Crippen LogP contribution in [-0.4, -0.2) is 41.1 Å². The first kappa shape index (κ1) is 14.8. The van der Waals surface area contributed by atoms with Crippen LogP contribution in [0.4, 0.5) is 11.6 Å². The minimum atomic E-state index is 0.946. The summed E-state index contributed by atoms with van der Waals surface area (Å²) in [5.74, 6) is 4.51. The van der Waals surface area contributed by atoms with E-state index in [1.807, 2.05) is 11.8 Å². The Balaban J connectivity index is 1.55. The van der Waals surface area contributed by atoms with Crippen molar-refractivity contribution >= 4 is 23.4 Å². The highest BCUT2D eigenvalue weighted by molar-refractivity contribution is 7.99. The minimum absolute atomic E-state index is 0.946. The average Bonchev–Trinajstić information content (AvgIpc) is 2.62. The normalized spacial score (nSPS) is 18.0. The molecule has 0 amide bonds. The van der Waals surface area contributed by atoms with E-state index in [4.69, 9.17) is 0 Å². The second-order valence-electron chi connectivity index (χ2n) is 6.28. The molecule has 0 aliphatic carbocycles. The molecule has 1 fully saturated rings. The highest BCUT2D eigenvalue weighted by Gasteiger charge is 2.19. The van der Waals surface area contributed by atoms with Gasteiger partial charge in [-0.1, -0.05) is 23.8 Å². The van der Waals surface area contributed by atoms with E-state index in [9.17, 15) is 0 Å². The maximum absolute atomic E-state index is 4.53. The number of hydrogen-bond acceptors (Lipinski definition) is 5. The number of hydrogen-bond donors (Lipinski definition) is 0.